The molecule has 0 spiro atoms. The van der Waals surface area contributed by atoms with E-state index in [0.717, 1.165) is 32.5 Å². The zero-order valence-electron chi connectivity index (χ0n) is 10.9. The van der Waals surface area contributed by atoms with Crippen molar-refractivity contribution in [1.82, 2.24) is 4.90 Å². The van der Waals surface area contributed by atoms with E-state index in [9.17, 15) is 5.11 Å². The minimum Gasteiger partial charge on any atom is -0.393 e. The maximum Gasteiger partial charge on any atom is 0.0600 e. The summed E-state index contributed by atoms with van der Waals surface area (Å²) in [5.41, 5.74) is -0.00658. The molecule has 0 aromatic heterocycles. The summed E-state index contributed by atoms with van der Waals surface area (Å²) in [5, 5.41) is 9.85. The standard InChI is InChI=1S/C12H27NO2/c1-12(2,3)11(14)7-9-13(4)8-6-10-15-5/h11,14H,6-10H2,1-5H3. The van der Waals surface area contributed by atoms with Gasteiger partial charge in [-0.15, -0.1) is 0 Å². The largest absolute Gasteiger partial charge is 0.393 e. The number of hydrogen-bond acceptors (Lipinski definition) is 3. The van der Waals surface area contributed by atoms with Crippen LogP contribution in [0.4, 0.5) is 0 Å². The zero-order chi connectivity index (χ0) is 11.9. The van der Waals surface area contributed by atoms with Crippen molar-refractivity contribution < 1.29 is 9.84 Å². The molecule has 0 fully saturated rings. The van der Waals surface area contributed by atoms with Crippen LogP contribution in [-0.4, -0.2) is 50.0 Å². The molecule has 92 valence electrons. The lowest BCUT2D eigenvalue weighted by molar-refractivity contribution is 0.0472. The monoisotopic (exact) mass is 217 g/mol. The maximum atomic E-state index is 9.85. The molecule has 0 heterocycles. The van der Waals surface area contributed by atoms with Crippen molar-refractivity contribution in [2.24, 2.45) is 5.41 Å². The topological polar surface area (TPSA) is 32.7 Å². The number of rotatable bonds is 7. The molecule has 1 atom stereocenters. The van der Waals surface area contributed by atoms with Crippen LogP contribution >= 0.6 is 0 Å². The van der Waals surface area contributed by atoms with Crippen molar-refractivity contribution in [2.75, 3.05) is 33.9 Å². The normalized spacial score (nSPS) is 14.6. The molecular formula is C12H27NO2. The first-order chi connectivity index (χ1) is 6.88. The quantitative estimate of drug-likeness (QED) is 0.660. The van der Waals surface area contributed by atoms with E-state index in [0.29, 0.717) is 0 Å². The van der Waals surface area contributed by atoms with E-state index in [-0.39, 0.29) is 11.5 Å². The fourth-order valence-electron chi connectivity index (χ4n) is 1.37. The highest BCUT2D eigenvalue weighted by molar-refractivity contribution is 4.73. The van der Waals surface area contributed by atoms with Gasteiger partial charge < -0.3 is 14.7 Å². The second-order valence-corrected chi connectivity index (χ2v) is 5.32. The molecule has 0 aliphatic rings. The van der Waals surface area contributed by atoms with Crippen molar-refractivity contribution in [1.29, 1.82) is 0 Å². The van der Waals surface area contributed by atoms with E-state index in [2.05, 4.69) is 32.7 Å². The smallest absolute Gasteiger partial charge is 0.0600 e. The molecule has 0 bridgehead atoms. The fourth-order valence-corrected chi connectivity index (χ4v) is 1.37. The van der Waals surface area contributed by atoms with E-state index in [4.69, 9.17) is 4.74 Å². The van der Waals surface area contributed by atoms with Gasteiger partial charge in [-0.1, -0.05) is 20.8 Å². The van der Waals surface area contributed by atoms with Gasteiger partial charge in [0.2, 0.25) is 0 Å². The third kappa shape index (κ3) is 7.77. The van der Waals surface area contributed by atoms with E-state index < -0.39 is 0 Å². The van der Waals surface area contributed by atoms with Gasteiger partial charge in [0.1, 0.15) is 0 Å². The van der Waals surface area contributed by atoms with Crippen molar-refractivity contribution in [3.63, 3.8) is 0 Å². The Bertz CT molecular complexity index is 154. The Balaban J connectivity index is 3.57. The van der Waals surface area contributed by atoms with Gasteiger partial charge >= 0.3 is 0 Å². The van der Waals surface area contributed by atoms with Crippen LogP contribution in [0.25, 0.3) is 0 Å². The van der Waals surface area contributed by atoms with Crippen LogP contribution in [0.1, 0.15) is 33.6 Å². The molecule has 15 heavy (non-hydrogen) atoms. The molecule has 1 N–H and O–H groups in total. The summed E-state index contributed by atoms with van der Waals surface area (Å²) in [6, 6.07) is 0. The summed E-state index contributed by atoms with van der Waals surface area (Å²) in [6.45, 7) is 9.01. The lowest BCUT2D eigenvalue weighted by Gasteiger charge is -2.27. The highest BCUT2D eigenvalue weighted by atomic mass is 16.5. The van der Waals surface area contributed by atoms with E-state index in [1.165, 1.54) is 0 Å². The van der Waals surface area contributed by atoms with Crippen LogP contribution in [0.2, 0.25) is 0 Å². The van der Waals surface area contributed by atoms with Crippen LogP contribution in [0, 0.1) is 5.41 Å². The van der Waals surface area contributed by atoms with Crippen LogP contribution in [0.5, 0.6) is 0 Å². The van der Waals surface area contributed by atoms with Gasteiger partial charge in [0.05, 0.1) is 6.10 Å². The molecule has 3 nitrogen and oxygen atoms in total. The Morgan fingerprint density at radius 3 is 2.33 bits per heavy atom. The van der Waals surface area contributed by atoms with Gasteiger partial charge in [0.15, 0.2) is 0 Å². The van der Waals surface area contributed by atoms with Crippen LogP contribution < -0.4 is 0 Å². The number of aliphatic hydroxyl groups excluding tert-OH is 1. The third-order valence-corrected chi connectivity index (χ3v) is 2.67. The minimum atomic E-state index is -0.220. The van der Waals surface area contributed by atoms with E-state index in [1.807, 2.05) is 0 Å². The van der Waals surface area contributed by atoms with Gasteiger partial charge in [-0.25, -0.2) is 0 Å². The van der Waals surface area contributed by atoms with Crippen LogP contribution in [-0.2, 0) is 4.74 Å². The minimum absolute atomic E-state index is 0.00658. The predicted octanol–water partition coefficient (Wildman–Crippen LogP) is 1.75. The number of hydrogen-bond donors (Lipinski definition) is 1. The first-order valence-electron chi connectivity index (χ1n) is 5.73. The molecule has 0 radical (unpaired) electrons. The molecule has 0 aromatic rings. The van der Waals surface area contributed by atoms with Gasteiger partial charge in [0.25, 0.3) is 0 Å². The summed E-state index contributed by atoms with van der Waals surface area (Å²) in [4.78, 5) is 2.24. The van der Waals surface area contributed by atoms with Gasteiger partial charge in [0, 0.05) is 26.8 Å². The van der Waals surface area contributed by atoms with Gasteiger partial charge in [-0.2, -0.15) is 0 Å². The molecule has 3 heteroatoms. The van der Waals surface area contributed by atoms with Gasteiger partial charge in [-0.05, 0) is 25.3 Å². The molecule has 1 unspecified atom stereocenters. The molecule has 0 saturated heterocycles. The number of ether oxygens (including phenoxy) is 1. The first-order valence-corrected chi connectivity index (χ1v) is 5.73. The summed E-state index contributed by atoms with van der Waals surface area (Å²) < 4.78 is 5.00. The third-order valence-electron chi connectivity index (χ3n) is 2.67. The summed E-state index contributed by atoms with van der Waals surface area (Å²) in [7, 11) is 3.81. The first kappa shape index (κ1) is 14.9. The Kier molecular flexibility index (Phi) is 7.14. The highest BCUT2D eigenvalue weighted by Gasteiger charge is 2.21. The SMILES string of the molecule is COCCCN(C)CCC(O)C(C)(C)C. The predicted molar refractivity (Wildman–Crippen MR) is 64.1 cm³/mol. The molecule has 0 aliphatic heterocycles. The number of nitrogens with zero attached hydrogens (tertiary/aromatic N) is 1. The van der Waals surface area contributed by atoms with Gasteiger partial charge in [-0.3, -0.25) is 0 Å². The molecular weight excluding hydrogens is 190 g/mol. The summed E-state index contributed by atoms with van der Waals surface area (Å²) in [6.07, 6.45) is 1.67. The average molecular weight is 217 g/mol. The lowest BCUT2D eigenvalue weighted by Crippen LogP contribution is -2.31. The van der Waals surface area contributed by atoms with Crippen molar-refractivity contribution >= 4 is 0 Å². The fraction of sp³-hybridized carbons (Fsp3) is 1.00. The van der Waals surface area contributed by atoms with E-state index in [1.54, 1.807) is 7.11 Å². The Morgan fingerprint density at radius 1 is 1.27 bits per heavy atom. The van der Waals surface area contributed by atoms with Crippen LogP contribution in [0.15, 0.2) is 0 Å². The van der Waals surface area contributed by atoms with Crippen LogP contribution in [0.3, 0.4) is 0 Å². The second-order valence-electron chi connectivity index (χ2n) is 5.32. The highest BCUT2D eigenvalue weighted by Crippen LogP contribution is 2.21. The van der Waals surface area contributed by atoms with Crippen molar-refractivity contribution in [3.05, 3.63) is 0 Å². The Morgan fingerprint density at radius 2 is 1.87 bits per heavy atom. The van der Waals surface area contributed by atoms with Crippen molar-refractivity contribution in [3.8, 4) is 0 Å². The molecule has 0 aliphatic carbocycles. The Labute approximate surface area is 94.4 Å². The summed E-state index contributed by atoms with van der Waals surface area (Å²) >= 11 is 0. The molecule has 0 saturated carbocycles. The zero-order valence-corrected chi connectivity index (χ0v) is 10.9. The lowest BCUT2D eigenvalue weighted by atomic mass is 9.87. The molecule has 0 amide bonds. The number of aliphatic hydroxyl groups is 1. The second kappa shape index (κ2) is 7.20. The number of methoxy groups -OCH3 is 1. The average Bonchev–Trinajstić information content (AvgIpc) is 2.13. The molecule has 0 rings (SSSR count). The van der Waals surface area contributed by atoms with Crippen molar-refractivity contribution in [2.45, 2.75) is 39.7 Å². The summed E-state index contributed by atoms with van der Waals surface area (Å²) in [5.74, 6) is 0. The molecule has 0 aromatic carbocycles. The maximum absolute atomic E-state index is 9.85. The van der Waals surface area contributed by atoms with E-state index >= 15 is 0 Å². The Hall–Kier alpha value is -0.120.